The molecular formula is C16H22N2O3. The van der Waals surface area contributed by atoms with E-state index in [1.807, 2.05) is 13.8 Å². The molecule has 21 heavy (non-hydrogen) atoms. The summed E-state index contributed by atoms with van der Waals surface area (Å²) in [7, 11) is 0. The van der Waals surface area contributed by atoms with Crippen molar-refractivity contribution < 1.29 is 14.7 Å². The molecule has 0 spiro atoms. The highest BCUT2D eigenvalue weighted by atomic mass is 16.3. The van der Waals surface area contributed by atoms with Gasteiger partial charge in [0.15, 0.2) is 0 Å². The van der Waals surface area contributed by atoms with Gasteiger partial charge in [0.05, 0.1) is 0 Å². The number of carbonyl (C=O) groups excluding carboxylic acids is 2. The van der Waals surface area contributed by atoms with Gasteiger partial charge in [0.1, 0.15) is 0 Å². The Morgan fingerprint density at radius 1 is 1.14 bits per heavy atom. The Morgan fingerprint density at radius 3 is 2.14 bits per heavy atom. The summed E-state index contributed by atoms with van der Waals surface area (Å²) in [5.74, 6) is -0.291. The zero-order valence-electron chi connectivity index (χ0n) is 12.4. The van der Waals surface area contributed by atoms with E-state index >= 15 is 0 Å². The number of aliphatic hydroxyl groups excluding tert-OH is 1. The van der Waals surface area contributed by atoms with Crippen LogP contribution in [-0.4, -0.2) is 35.6 Å². The highest BCUT2D eigenvalue weighted by Crippen LogP contribution is 2.19. The van der Waals surface area contributed by atoms with E-state index in [-0.39, 0.29) is 30.4 Å². The smallest absolute Gasteiger partial charge is 0.251 e. The van der Waals surface area contributed by atoms with E-state index in [1.54, 1.807) is 24.3 Å². The third kappa shape index (κ3) is 4.29. The number of nitrogens with one attached hydrogen (secondary N) is 2. The van der Waals surface area contributed by atoms with Crippen LogP contribution in [0.3, 0.4) is 0 Å². The number of hydrogen-bond donors (Lipinski definition) is 3. The van der Waals surface area contributed by atoms with Crippen molar-refractivity contribution in [1.82, 2.24) is 10.6 Å². The van der Waals surface area contributed by atoms with Crippen LogP contribution >= 0.6 is 0 Å². The highest BCUT2D eigenvalue weighted by Gasteiger charge is 2.23. The molecule has 114 valence electrons. The quantitative estimate of drug-likeness (QED) is 0.739. The molecule has 0 bridgehead atoms. The summed E-state index contributed by atoms with van der Waals surface area (Å²) in [4.78, 5) is 23.9. The van der Waals surface area contributed by atoms with Gasteiger partial charge in [-0.2, -0.15) is 0 Å². The number of amides is 2. The molecule has 5 heteroatoms. The Kier molecular flexibility index (Phi) is 4.96. The molecule has 1 aliphatic carbocycles. The third-order valence-corrected chi connectivity index (χ3v) is 3.82. The van der Waals surface area contributed by atoms with Crippen molar-refractivity contribution in [2.75, 3.05) is 6.61 Å². The predicted molar refractivity (Wildman–Crippen MR) is 80.1 cm³/mol. The second kappa shape index (κ2) is 6.72. The number of carbonyl (C=O) groups is 2. The first-order valence-electron chi connectivity index (χ1n) is 7.34. The zero-order chi connectivity index (χ0) is 15.4. The van der Waals surface area contributed by atoms with Crippen molar-refractivity contribution in [3.63, 3.8) is 0 Å². The van der Waals surface area contributed by atoms with E-state index in [0.29, 0.717) is 17.2 Å². The fourth-order valence-electron chi connectivity index (χ4n) is 1.86. The molecule has 0 aliphatic heterocycles. The summed E-state index contributed by atoms with van der Waals surface area (Å²) in [6.07, 6.45) is 2.10. The van der Waals surface area contributed by atoms with Crippen LogP contribution in [0.1, 0.15) is 47.4 Å². The normalized spacial score (nSPS) is 16.9. The van der Waals surface area contributed by atoms with Crippen molar-refractivity contribution in [2.45, 2.75) is 38.8 Å². The van der Waals surface area contributed by atoms with E-state index in [9.17, 15) is 9.59 Å². The van der Waals surface area contributed by atoms with Gasteiger partial charge in [0.2, 0.25) is 0 Å². The Morgan fingerprint density at radius 2 is 1.67 bits per heavy atom. The van der Waals surface area contributed by atoms with Crippen LogP contribution in [0.15, 0.2) is 24.3 Å². The molecule has 0 aromatic heterocycles. The summed E-state index contributed by atoms with van der Waals surface area (Å²) in [5, 5.41) is 14.8. The molecule has 1 aromatic carbocycles. The van der Waals surface area contributed by atoms with Crippen molar-refractivity contribution in [2.24, 2.45) is 5.92 Å². The minimum absolute atomic E-state index is 0.00228. The molecule has 3 N–H and O–H groups in total. The van der Waals surface area contributed by atoms with Crippen LogP contribution in [0.2, 0.25) is 0 Å². The predicted octanol–water partition coefficient (Wildman–Crippen LogP) is 1.33. The molecule has 0 saturated heterocycles. The largest absolute Gasteiger partial charge is 0.396 e. The molecule has 1 aliphatic rings. The van der Waals surface area contributed by atoms with Gasteiger partial charge in [-0.15, -0.1) is 0 Å². The molecule has 0 radical (unpaired) electrons. The second-order valence-electron chi connectivity index (χ2n) is 5.75. The van der Waals surface area contributed by atoms with Crippen LogP contribution in [0.4, 0.5) is 0 Å². The standard InChI is InChI=1S/C16H22N2O3/c1-10(9-19)11(2)17-15(20)12-3-5-13(6-4-12)16(21)18-14-7-8-14/h3-6,10-11,14,19H,7-9H2,1-2H3,(H,17,20)(H,18,21). The molecule has 2 atom stereocenters. The minimum Gasteiger partial charge on any atom is -0.396 e. The van der Waals surface area contributed by atoms with Gasteiger partial charge in [-0.3, -0.25) is 9.59 Å². The Bertz CT molecular complexity index is 509. The highest BCUT2D eigenvalue weighted by molar-refractivity contribution is 5.98. The molecule has 0 heterocycles. The molecular weight excluding hydrogens is 268 g/mol. The van der Waals surface area contributed by atoms with Crippen LogP contribution in [-0.2, 0) is 0 Å². The molecule has 1 fully saturated rings. The maximum Gasteiger partial charge on any atom is 0.251 e. The Balaban J connectivity index is 1.94. The van der Waals surface area contributed by atoms with Crippen molar-refractivity contribution in [3.05, 3.63) is 35.4 Å². The van der Waals surface area contributed by atoms with Gasteiger partial charge in [-0.25, -0.2) is 0 Å². The molecule has 2 amide bonds. The average molecular weight is 290 g/mol. The minimum atomic E-state index is -0.197. The fraction of sp³-hybridized carbons (Fsp3) is 0.500. The molecule has 1 saturated carbocycles. The van der Waals surface area contributed by atoms with E-state index in [0.717, 1.165) is 12.8 Å². The van der Waals surface area contributed by atoms with E-state index < -0.39 is 0 Å². The molecule has 5 nitrogen and oxygen atoms in total. The van der Waals surface area contributed by atoms with Crippen LogP contribution < -0.4 is 10.6 Å². The maximum atomic E-state index is 12.1. The lowest BCUT2D eigenvalue weighted by Gasteiger charge is -2.19. The maximum absolute atomic E-state index is 12.1. The van der Waals surface area contributed by atoms with E-state index in [1.165, 1.54) is 0 Å². The first-order valence-corrected chi connectivity index (χ1v) is 7.34. The van der Waals surface area contributed by atoms with Gasteiger partial charge in [0.25, 0.3) is 11.8 Å². The van der Waals surface area contributed by atoms with E-state index in [4.69, 9.17) is 5.11 Å². The van der Waals surface area contributed by atoms with Gasteiger partial charge >= 0.3 is 0 Å². The number of hydrogen-bond acceptors (Lipinski definition) is 3. The number of benzene rings is 1. The van der Waals surface area contributed by atoms with Crippen LogP contribution in [0.5, 0.6) is 0 Å². The van der Waals surface area contributed by atoms with Gasteiger partial charge < -0.3 is 15.7 Å². The van der Waals surface area contributed by atoms with Crippen molar-refractivity contribution in [1.29, 1.82) is 0 Å². The average Bonchev–Trinajstić information content (AvgIpc) is 3.30. The molecule has 1 aromatic rings. The first-order chi connectivity index (χ1) is 10.0. The zero-order valence-corrected chi connectivity index (χ0v) is 12.4. The van der Waals surface area contributed by atoms with Gasteiger partial charge in [-0.05, 0) is 49.9 Å². The molecule has 2 rings (SSSR count). The summed E-state index contributed by atoms with van der Waals surface area (Å²) >= 11 is 0. The van der Waals surface area contributed by atoms with Crippen LogP contribution in [0.25, 0.3) is 0 Å². The summed E-state index contributed by atoms with van der Waals surface area (Å²) in [5.41, 5.74) is 1.07. The third-order valence-electron chi connectivity index (χ3n) is 3.82. The number of rotatable bonds is 6. The first kappa shape index (κ1) is 15.5. The monoisotopic (exact) mass is 290 g/mol. The van der Waals surface area contributed by atoms with Crippen molar-refractivity contribution in [3.8, 4) is 0 Å². The van der Waals surface area contributed by atoms with Gasteiger partial charge in [0, 0.05) is 29.8 Å². The summed E-state index contributed by atoms with van der Waals surface area (Å²) < 4.78 is 0. The lowest BCUT2D eigenvalue weighted by molar-refractivity contribution is 0.0912. The Labute approximate surface area is 124 Å². The van der Waals surface area contributed by atoms with Crippen LogP contribution in [0, 0.1) is 5.92 Å². The lowest BCUT2D eigenvalue weighted by atomic mass is 10.0. The topological polar surface area (TPSA) is 78.4 Å². The number of aliphatic hydroxyl groups is 1. The van der Waals surface area contributed by atoms with Gasteiger partial charge in [-0.1, -0.05) is 6.92 Å². The molecule has 2 unspecified atom stereocenters. The Hall–Kier alpha value is -1.88. The lowest BCUT2D eigenvalue weighted by Crippen LogP contribution is -2.38. The van der Waals surface area contributed by atoms with E-state index in [2.05, 4.69) is 10.6 Å². The SMILES string of the molecule is CC(CO)C(C)NC(=O)c1ccc(C(=O)NC2CC2)cc1. The summed E-state index contributed by atoms with van der Waals surface area (Å²) in [6, 6.07) is 6.82. The fourth-order valence-corrected chi connectivity index (χ4v) is 1.86. The van der Waals surface area contributed by atoms with Crippen molar-refractivity contribution >= 4 is 11.8 Å². The second-order valence-corrected chi connectivity index (χ2v) is 5.75. The summed E-state index contributed by atoms with van der Waals surface area (Å²) in [6.45, 7) is 3.76.